The van der Waals surface area contributed by atoms with Crippen LogP contribution in [0.25, 0.3) is 11.0 Å². The maximum Gasteiger partial charge on any atom is 0.156 e. The monoisotopic (exact) mass is 228 g/mol. The van der Waals surface area contributed by atoms with Gasteiger partial charge in [0, 0.05) is 5.70 Å². The van der Waals surface area contributed by atoms with E-state index in [2.05, 4.69) is 23.8 Å². The molecule has 88 valence electrons. The number of nitrogens with one attached hydrogen (secondary N) is 2. The first-order chi connectivity index (χ1) is 7.97. The third kappa shape index (κ3) is 2.20. The SMILES string of the molecule is CC(N)=CC(=N)c1nc2cc(C)c(C)cc2[nH]1. The number of imidazole rings is 1. The number of rotatable bonds is 2. The predicted octanol–water partition coefficient (Wildman–Crippen LogP) is 2.41. The zero-order valence-electron chi connectivity index (χ0n) is 10.3. The lowest BCUT2D eigenvalue weighted by atomic mass is 10.1. The van der Waals surface area contributed by atoms with E-state index in [-0.39, 0.29) is 0 Å². The molecule has 0 saturated heterocycles. The van der Waals surface area contributed by atoms with Crippen molar-refractivity contribution in [3.8, 4) is 0 Å². The van der Waals surface area contributed by atoms with Crippen LogP contribution >= 0.6 is 0 Å². The Kier molecular flexibility index (Phi) is 2.71. The Morgan fingerprint density at radius 2 is 2.00 bits per heavy atom. The first kappa shape index (κ1) is 11.4. The maximum atomic E-state index is 7.85. The Hall–Kier alpha value is -2.10. The molecule has 0 radical (unpaired) electrons. The number of nitrogens with zero attached hydrogens (tertiary/aromatic N) is 1. The van der Waals surface area contributed by atoms with Crippen LogP contribution in [0.4, 0.5) is 0 Å². The minimum Gasteiger partial charge on any atom is -0.402 e. The normalized spacial score (nSPS) is 12.1. The maximum absolute atomic E-state index is 7.85. The Morgan fingerprint density at radius 1 is 1.35 bits per heavy atom. The van der Waals surface area contributed by atoms with Gasteiger partial charge in [0.1, 0.15) is 0 Å². The molecule has 0 aliphatic heterocycles. The second-order valence-corrected chi connectivity index (χ2v) is 4.34. The molecule has 4 nitrogen and oxygen atoms in total. The molecule has 1 heterocycles. The highest BCUT2D eigenvalue weighted by atomic mass is 14.9. The minimum atomic E-state index is 0.302. The minimum absolute atomic E-state index is 0.302. The highest BCUT2D eigenvalue weighted by Gasteiger charge is 2.07. The molecule has 17 heavy (non-hydrogen) atoms. The number of hydrogen-bond donors (Lipinski definition) is 3. The summed E-state index contributed by atoms with van der Waals surface area (Å²) in [5.74, 6) is 0.551. The van der Waals surface area contributed by atoms with Gasteiger partial charge in [-0.2, -0.15) is 0 Å². The molecule has 2 aromatic rings. The van der Waals surface area contributed by atoms with Crippen LogP contribution in [0.3, 0.4) is 0 Å². The van der Waals surface area contributed by atoms with Crippen molar-refractivity contribution in [1.82, 2.24) is 9.97 Å². The van der Waals surface area contributed by atoms with Crippen molar-refractivity contribution in [2.45, 2.75) is 20.8 Å². The van der Waals surface area contributed by atoms with Gasteiger partial charge in [-0.3, -0.25) is 5.41 Å². The second-order valence-electron chi connectivity index (χ2n) is 4.34. The summed E-state index contributed by atoms with van der Waals surface area (Å²) in [4.78, 5) is 7.52. The molecule has 0 unspecified atom stereocenters. The number of H-pyrrole nitrogens is 1. The van der Waals surface area contributed by atoms with Gasteiger partial charge in [-0.15, -0.1) is 0 Å². The van der Waals surface area contributed by atoms with E-state index in [4.69, 9.17) is 11.1 Å². The fourth-order valence-electron chi connectivity index (χ4n) is 1.69. The van der Waals surface area contributed by atoms with Crippen molar-refractivity contribution in [3.63, 3.8) is 0 Å². The Balaban J connectivity index is 2.52. The third-order valence-corrected chi connectivity index (χ3v) is 2.72. The van der Waals surface area contributed by atoms with Crippen molar-refractivity contribution in [3.05, 3.63) is 40.9 Å². The summed E-state index contributed by atoms with van der Waals surface area (Å²) < 4.78 is 0. The van der Waals surface area contributed by atoms with E-state index in [1.165, 1.54) is 11.1 Å². The average molecular weight is 228 g/mol. The van der Waals surface area contributed by atoms with Crippen molar-refractivity contribution >= 4 is 16.7 Å². The van der Waals surface area contributed by atoms with Crippen LogP contribution in [0.2, 0.25) is 0 Å². The molecule has 4 N–H and O–H groups in total. The van der Waals surface area contributed by atoms with E-state index >= 15 is 0 Å². The van der Waals surface area contributed by atoms with Crippen molar-refractivity contribution in [2.75, 3.05) is 0 Å². The van der Waals surface area contributed by atoms with E-state index in [1.54, 1.807) is 13.0 Å². The first-order valence-corrected chi connectivity index (χ1v) is 5.47. The molecule has 0 aliphatic rings. The van der Waals surface area contributed by atoms with Gasteiger partial charge in [0.15, 0.2) is 5.82 Å². The molecule has 2 rings (SSSR count). The Bertz CT molecular complexity index is 577. The van der Waals surface area contributed by atoms with E-state index in [0.29, 0.717) is 17.2 Å². The van der Waals surface area contributed by atoms with Gasteiger partial charge < -0.3 is 10.7 Å². The van der Waals surface area contributed by atoms with Gasteiger partial charge in [-0.05, 0) is 50.1 Å². The van der Waals surface area contributed by atoms with Crippen molar-refractivity contribution in [1.29, 1.82) is 5.41 Å². The molecular formula is C13H16N4. The number of benzene rings is 1. The molecule has 0 fully saturated rings. The number of aromatic amines is 1. The highest BCUT2D eigenvalue weighted by molar-refractivity contribution is 6.05. The largest absolute Gasteiger partial charge is 0.402 e. The Morgan fingerprint density at radius 3 is 2.65 bits per heavy atom. The third-order valence-electron chi connectivity index (χ3n) is 2.72. The molecule has 0 amide bonds. The molecule has 0 saturated carbocycles. The number of allylic oxidation sites excluding steroid dienone is 2. The van der Waals surface area contributed by atoms with Crippen molar-refractivity contribution in [2.24, 2.45) is 5.73 Å². The fraction of sp³-hybridized carbons (Fsp3) is 0.231. The predicted molar refractivity (Wildman–Crippen MR) is 70.3 cm³/mol. The molecule has 0 aliphatic carbocycles. The summed E-state index contributed by atoms with van der Waals surface area (Å²) in [5.41, 5.74) is 10.7. The molecular weight excluding hydrogens is 212 g/mol. The number of hydrogen-bond acceptors (Lipinski definition) is 3. The van der Waals surface area contributed by atoms with Gasteiger partial charge in [-0.1, -0.05) is 0 Å². The Labute approximate surface area is 100 Å². The van der Waals surface area contributed by atoms with Crippen molar-refractivity contribution < 1.29 is 0 Å². The smallest absolute Gasteiger partial charge is 0.156 e. The molecule has 0 atom stereocenters. The van der Waals surface area contributed by atoms with E-state index in [9.17, 15) is 0 Å². The van der Waals surface area contributed by atoms with Crippen LogP contribution in [-0.2, 0) is 0 Å². The van der Waals surface area contributed by atoms with Gasteiger partial charge in [0.2, 0.25) is 0 Å². The number of aryl methyl sites for hydroxylation is 2. The standard InChI is InChI=1S/C13H16N4/c1-7-4-11-12(5-8(7)2)17-13(16-11)10(15)6-9(3)14/h4-6,15H,14H2,1-3H3,(H,16,17). The second kappa shape index (κ2) is 4.05. The molecule has 4 heteroatoms. The van der Waals surface area contributed by atoms with Gasteiger partial charge >= 0.3 is 0 Å². The quantitative estimate of drug-likeness (QED) is 0.690. The summed E-state index contributed by atoms with van der Waals surface area (Å²) in [6.07, 6.45) is 1.59. The van der Waals surface area contributed by atoms with Crippen LogP contribution in [0.5, 0.6) is 0 Å². The van der Waals surface area contributed by atoms with Crippen LogP contribution in [0, 0.1) is 19.3 Å². The van der Waals surface area contributed by atoms with Gasteiger partial charge in [-0.25, -0.2) is 4.98 Å². The summed E-state index contributed by atoms with van der Waals surface area (Å²) in [6.45, 7) is 5.87. The molecule has 1 aromatic carbocycles. The highest BCUT2D eigenvalue weighted by Crippen LogP contribution is 2.17. The summed E-state index contributed by atoms with van der Waals surface area (Å²) >= 11 is 0. The van der Waals surface area contributed by atoms with E-state index < -0.39 is 0 Å². The lowest BCUT2D eigenvalue weighted by Gasteiger charge is -1.97. The van der Waals surface area contributed by atoms with Crippen LogP contribution < -0.4 is 5.73 Å². The van der Waals surface area contributed by atoms with Gasteiger partial charge in [0.25, 0.3) is 0 Å². The zero-order valence-corrected chi connectivity index (χ0v) is 10.3. The lowest BCUT2D eigenvalue weighted by Crippen LogP contribution is -2.01. The first-order valence-electron chi connectivity index (χ1n) is 5.47. The topological polar surface area (TPSA) is 78.6 Å². The molecule has 1 aromatic heterocycles. The lowest BCUT2D eigenvalue weighted by molar-refractivity contribution is 1.25. The average Bonchev–Trinajstić information content (AvgIpc) is 2.60. The number of aromatic nitrogens is 2. The zero-order chi connectivity index (χ0) is 12.6. The summed E-state index contributed by atoms with van der Waals surface area (Å²) in [7, 11) is 0. The number of fused-ring (bicyclic) bond motifs is 1. The van der Waals surface area contributed by atoms with Crippen LogP contribution in [-0.4, -0.2) is 15.7 Å². The summed E-state index contributed by atoms with van der Waals surface area (Å²) in [5, 5.41) is 7.85. The molecule has 0 bridgehead atoms. The van der Waals surface area contributed by atoms with E-state index in [0.717, 1.165) is 11.0 Å². The van der Waals surface area contributed by atoms with Crippen LogP contribution in [0.1, 0.15) is 23.9 Å². The summed E-state index contributed by atoms with van der Waals surface area (Å²) in [6, 6.07) is 4.07. The number of nitrogens with two attached hydrogens (primary N) is 1. The van der Waals surface area contributed by atoms with Gasteiger partial charge in [0.05, 0.1) is 16.7 Å². The fourth-order valence-corrected chi connectivity index (χ4v) is 1.69. The molecule has 0 spiro atoms. The van der Waals surface area contributed by atoms with E-state index in [1.807, 2.05) is 12.1 Å². The van der Waals surface area contributed by atoms with Crippen LogP contribution in [0.15, 0.2) is 23.9 Å².